The van der Waals surface area contributed by atoms with E-state index in [9.17, 15) is 4.79 Å². The zero-order valence-electron chi connectivity index (χ0n) is 17.4. The molecule has 4 rings (SSSR count). The van der Waals surface area contributed by atoms with E-state index in [2.05, 4.69) is 19.1 Å². The summed E-state index contributed by atoms with van der Waals surface area (Å²) >= 11 is 0. The van der Waals surface area contributed by atoms with Crippen molar-refractivity contribution >= 4 is 5.91 Å². The van der Waals surface area contributed by atoms with Crippen LogP contribution in [0.5, 0.6) is 5.75 Å². The van der Waals surface area contributed by atoms with Crippen molar-refractivity contribution in [2.75, 3.05) is 12.4 Å². The minimum absolute atomic E-state index is 0.168. The van der Waals surface area contributed by atoms with Crippen LogP contribution in [0.2, 0.25) is 0 Å². The Balaban J connectivity index is 1.73. The van der Waals surface area contributed by atoms with Crippen molar-refractivity contribution in [2.24, 2.45) is 0 Å². The molecule has 29 heavy (non-hydrogen) atoms. The number of nitrogen functional groups attached to an aromatic ring is 1. The van der Waals surface area contributed by atoms with Crippen molar-refractivity contribution in [2.45, 2.75) is 64.4 Å². The standard InChI is InChI=1S/C23H30N3O3/c1-16-8-4-5-9-17(16)15-28-22-21(26-12-7-6-10-20(26)27)18-14-25(24)13-11-19(18)29-23(22,2)3/h4-5,8-9,11,13-14,21-22H,6-7,10,12,15,24H2,1-3H3/q+1. The molecule has 2 aliphatic rings. The zero-order chi connectivity index (χ0) is 20.6. The lowest BCUT2D eigenvalue weighted by Gasteiger charge is -2.48. The Morgan fingerprint density at radius 1 is 1.28 bits per heavy atom. The number of nitrogens with two attached hydrogens (primary N) is 1. The highest BCUT2D eigenvalue weighted by atomic mass is 16.6. The summed E-state index contributed by atoms with van der Waals surface area (Å²) in [4.78, 5) is 14.8. The lowest BCUT2D eigenvalue weighted by Crippen LogP contribution is -2.57. The number of hydrogen-bond acceptors (Lipinski definition) is 4. The summed E-state index contributed by atoms with van der Waals surface area (Å²) in [6, 6.07) is 9.84. The van der Waals surface area contributed by atoms with Crippen molar-refractivity contribution in [1.29, 1.82) is 0 Å². The van der Waals surface area contributed by atoms with Crippen molar-refractivity contribution in [1.82, 2.24) is 4.90 Å². The number of nitrogens with zero attached hydrogens (tertiary/aromatic N) is 2. The van der Waals surface area contributed by atoms with Gasteiger partial charge in [0.2, 0.25) is 18.3 Å². The van der Waals surface area contributed by atoms with Gasteiger partial charge in [-0.2, -0.15) is 0 Å². The van der Waals surface area contributed by atoms with E-state index in [0.717, 1.165) is 36.3 Å². The first kappa shape index (κ1) is 19.7. The minimum atomic E-state index is -0.598. The molecule has 2 atom stereocenters. The Kier molecular flexibility index (Phi) is 5.21. The van der Waals surface area contributed by atoms with Gasteiger partial charge in [0.15, 0.2) is 0 Å². The molecule has 1 fully saturated rings. The maximum Gasteiger partial charge on any atom is 0.223 e. The second kappa shape index (κ2) is 7.67. The van der Waals surface area contributed by atoms with Gasteiger partial charge in [-0.05, 0) is 44.7 Å². The summed E-state index contributed by atoms with van der Waals surface area (Å²) in [5, 5.41) is 0. The molecule has 1 aromatic heterocycles. The summed E-state index contributed by atoms with van der Waals surface area (Å²) in [6.45, 7) is 7.34. The van der Waals surface area contributed by atoms with Gasteiger partial charge in [-0.25, -0.2) is 5.84 Å². The molecule has 0 radical (unpaired) electrons. The van der Waals surface area contributed by atoms with E-state index in [1.807, 2.05) is 43.1 Å². The highest BCUT2D eigenvalue weighted by Crippen LogP contribution is 2.44. The summed E-state index contributed by atoms with van der Waals surface area (Å²) in [6.07, 6.45) is 5.81. The first-order valence-electron chi connectivity index (χ1n) is 10.3. The molecule has 3 heterocycles. The Labute approximate surface area is 172 Å². The number of carbonyl (C=O) groups is 1. The second-order valence-corrected chi connectivity index (χ2v) is 8.56. The SMILES string of the molecule is Cc1ccccc1COC1C(N2CCCCC2=O)c2c[n+](N)ccc2OC1(C)C. The number of ether oxygens (including phenoxy) is 2. The molecule has 0 spiro atoms. The number of piperidine rings is 1. The van der Waals surface area contributed by atoms with Crippen LogP contribution in [0.4, 0.5) is 0 Å². The lowest BCUT2D eigenvalue weighted by molar-refractivity contribution is -0.639. The number of aryl methyl sites for hydroxylation is 1. The zero-order valence-corrected chi connectivity index (χ0v) is 17.4. The molecule has 0 bridgehead atoms. The lowest BCUT2D eigenvalue weighted by atomic mass is 9.85. The van der Waals surface area contributed by atoms with E-state index < -0.39 is 5.60 Å². The van der Waals surface area contributed by atoms with Crippen LogP contribution < -0.4 is 15.3 Å². The number of rotatable bonds is 4. The van der Waals surface area contributed by atoms with Gasteiger partial charge in [0.1, 0.15) is 17.5 Å². The van der Waals surface area contributed by atoms with Gasteiger partial charge in [-0.15, -0.1) is 0 Å². The van der Waals surface area contributed by atoms with Crippen molar-refractivity contribution < 1.29 is 18.9 Å². The monoisotopic (exact) mass is 396 g/mol. The number of fused-ring (bicyclic) bond motifs is 1. The molecular formula is C23H30N3O3+. The molecule has 2 aromatic rings. The van der Waals surface area contributed by atoms with E-state index in [-0.39, 0.29) is 18.1 Å². The highest BCUT2D eigenvalue weighted by molar-refractivity contribution is 5.77. The molecule has 6 nitrogen and oxygen atoms in total. The third kappa shape index (κ3) is 3.81. The third-order valence-corrected chi connectivity index (χ3v) is 6.01. The fraction of sp³-hybridized carbons (Fsp3) is 0.478. The fourth-order valence-corrected chi connectivity index (χ4v) is 4.41. The Morgan fingerprint density at radius 3 is 2.83 bits per heavy atom. The van der Waals surface area contributed by atoms with Crippen LogP contribution >= 0.6 is 0 Å². The van der Waals surface area contributed by atoms with E-state index >= 15 is 0 Å². The maximum atomic E-state index is 12.9. The van der Waals surface area contributed by atoms with Crippen LogP contribution in [-0.4, -0.2) is 29.1 Å². The van der Waals surface area contributed by atoms with Gasteiger partial charge < -0.3 is 14.4 Å². The van der Waals surface area contributed by atoms with Crippen LogP contribution in [-0.2, 0) is 16.1 Å². The van der Waals surface area contributed by atoms with E-state index in [1.165, 1.54) is 10.2 Å². The van der Waals surface area contributed by atoms with Crippen molar-refractivity contribution in [3.05, 3.63) is 59.4 Å². The fourth-order valence-electron chi connectivity index (χ4n) is 4.41. The van der Waals surface area contributed by atoms with Crippen molar-refractivity contribution in [3.63, 3.8) is 0 Å². The summed E-state index contributed by atoms with van der Waals surface area (Å²) in [7, 11) is 0. The average Bonchev–Trinajstić information content (AvgIpc) is 2.68. The van der Waals surface area contributed by atoms with Gasteiger partial charge in [0.25, 0.3) is 0 Å². The van der Waals surface area contributed by atoms with Crippen LogP contribution in [0.3, 0.4) is 0 Å². The number of pyridine rings is 1. The summed E-state index contributed by atoms with van der Waals surface area (Å²) in [5.41, 5.74) is 2.63. The number of hydrogen-bond donors (Lipinski definition) is 1. The first-order chi connectivity index (χ1) is 13.9. The molecule has 2 N–H and O–H groups in total. The van der Waals surface area contributed by atoms with Crippen LogP contribution in [0, 0.1) is 6.92 Å². The van der Waals surface area contributed by atoms with Gasteiger partial charge in [-0.1, -0.05) is 28.9 Å². The molecule has 154 valence electrons. The van der Waals surface area contributed by atoms with E-state index in [1.54, 1.807) is 6.20 Å². The topological polar surface area (TPSA) is 68.7 Å². The predicted molar refractivity (Wildman–Crippen MR) is 110 cm³/mol. The van der Waals surface area contributed by atoms with Crippen LogP contribution in [0.25, 0.3) is 0 Å². The number of aromatic nitrogens is 1. The number of carbonyl (C=O) groups excluding carboxylic acids is 1. The minimum Gasteiger partial charge on any atom is -0.484 e. The van der Waals surface area contributed by atoms with Crippen LogP contribution in [0.1, 0.15) is 55.8 Å². The molecular weight excluding hydrogens is 366 g/mol. The predicted octanol–water partition coefficient (Wildman–Crippen LogP) is 2.81. The molecule has 1 amide bonds. The van der Waals surface area contributed by atoms with Crippen LogP contribution in [0.15, 0.2) is 42.7 Å². The molecule has 0 saturated carbocycles. The van der Waals surface area contributed by atoms with Gasteiger partial charge in [-0.3, -0.25) is 4.79 Å². The Hall–Kier alpha value is -2.60. The molecule has 2 unspecified atom stereocenters. The summed E-state index contributed by atoms with van der Waals surface area (Å²) in [5.74, 6) is 6.95. The van der Waals surface area contributed by atoms with Gasteiger partial charge in [0, 0.05) is 19.0 Å². The molecule has 1 saturated heterocycles. The van der Waals surface area contributed by atoms with Gasteiger partial charge >= 0.3 is 0 Å². The molecule has 2 aliphatic heterocycles. The third-order valence-electron chi connectivity index (χ3n) is 6.01. The highest BCUT2D eigenvalue weighted by Gasteiger charge is 2.49. The molecule has 1 aromatic carbocycles. The largest absolute Gasteiger partial charge is 0.484 e. The summed E-state index contributed by atoms with van der Waals surface area (Å²) < 4.78 is 14.4. The van der Waals surface area contributed by atoms with Crippen molar-refractivity contribution in [3.8, 4) is 5.75 Å². The maximum absolute atomic E-state index is 12.9. The average molecular weight is 397 g/mol. The quantitative estimate of drug-likeness (QED) is 0.637. The second-order valence-electron chi connectivity index (χ2n) is 8.56. The Morgan fingerprint density at radius 2 is 2.07 bits per heavy atom. The first-order valence-corrected chi connectivity index (χ1v) is 10.3. The smallest absolute Gasteiger partial charge is 0.223 e. The molecule has 6 heteroatoms. The normalized spacial score (nSPS) is 23.4. The van der Waals surface area contributed by atoms with Gasteiger partial charge in [0.05, 0.1) is 18.2 Å². The molecule has 0 aliphatic carbocycles. The van der Waals surface area contributed by atoms with E-state index in [4.69, 9.17) is 15.3 Å². The number of amides is 1. The Bertz CT molecular complexity index is 912. The van der Waals surface area contributed by atoms with E-state index in [0.29, 0.717) is 13.0 Å². The number of benzene rings is 1. The number of likely N-dealkylation sites (tertiary alicyclic amines) is 1.